The Hall–Kier alpha value is -1.85. The van der Waals surface area contributed by atoms with Gasteiger partial charge in [-0.3, -0.25) is 9.88 Å². The minimum absolute atomic E-state index is 0.491. The summed E-state index contributed by atoms with van der Waals surface area (Å²) in [6.45, 7) is 7.55. The molecule has 27 heavy (non-hydrogen) atoms. The van der Waals surface area contributed by atoms with Gasteiger partial charge in [-0.15, -0.1) is 0 Å². The third-order valence-electron chi connectivity index (χ3n) is 6.64. The molecule has 3 saturated heterocycles. The second-order valence-corrected chi connectivity index (χ2v) is 8.07. The van der Waals surface area contributed by atoms with Crippen molar-refractivity contribution >= 4 is 0 Å². The summed E-state index contributed by atoms with van der Waals surface area (Å²) in [4.78, 5) is 16.7. The van der Waals surface area contributed by atoms with Gasteiger partial charge in [0.2, 0.25) is 0 Å². The first kappa shape index (κ1) is 18.5. The molecule has 5 rings (SSSR count). The molecule has 2 bridgehead atoms. The van der Waals surface area contributed by atoms with Gasteiger partial charge in [-0.25, -0.2) is 9.97 Å². The van der Waals surface area contributed by atoms with Crippen LogP contribution < -0.4 is 5.73 Å². The highest BCUT2D eigenvalue weighted by Crippen LogP contribution is 2.42. The first-order valence-corrected chi connectivity index (χ1v) is 10.5. The number of piperidine rings is 3. The molecule has 144 valence electrons. The van der Waals surface area contributed by atoms with Crippen LogP contribution in [0.25, 0.3) is 11.4 Å². The summed E-state index contributed by atoms with van der Waals surface area (Å²) >= 11 is 0. The molecule has 5 nitrogen and oxygen atoms in total. The largest absolute Gasteiger partial charge is 0.329 e. The number of nitrogens with zero attached hydrogens (tertiary/aromatic N) is 4. The molecule has 0 aromatic carbocycles. The third kappa shape index (κ3) is 3.63. The first-order chi connectivity index (χ1) is 13.2. The summed E-state index contributed by atoms with van der Waals surface area (Å²) in [6.07, 6.45) is 8.33. The standard InChI is InChI=1S/C22H31N5/c1-3-15(4-2)20-12-21(26-22(25-20)16-5-8-24-9-6-16)19-14-27-10-7-17(19)11-18(27)13-23/h5-6,8-9,12,15,17-19H,3-4,7,10-11,13-14,23H2,1-2H3/t17-,18+,19-/m0/s1. The molecule has 0 amide bonds. The van der Waals surface area contributed by atoms with Gasteiger partial charge < -0.3 is 5.73 Å². The SMILES string of the molecule is CCC(CC)c1cc([C@H]2CN3CC[C@H]2C[C@@H]3CN)nc(-c2ccncc2)n1. The second kappa shape index (κ2) is 8.03. The van der Waals surface area contributed by atoms with E-state index in [2.05, 4.69) is 29.8 Å². The zero-order valence-corrected chi connectivity index (χ0v) is 16.5. The summed E-state index contributed by atoms with van der Waals surface area (Å²) in [5, 5.41) is 0. The highest BCUT2D eigenvalue weighted by atomic mass is 15.2. The fraction of sp³-hybridized carbons (Fsp3) is 0.591. The van der Waals surface area contributed by atoms with Crippen LogP contribution in [-0.4, -0.2) is 45.5 Å². The topological polar surface area (TPSA) is 67.9 Å². The lowest BCUT2D eigenvalue weighted by Crippen LogP contribution is -2.55. The van der Waals surface area contributed by atoms with Crippen molar-refractivity contribution in [3.63, 3.8) is 0 Å². The molecule has 2 N–H and O–H groups in total. The minimum atomic E-state index is 0.491. The van der Waals surface area contributed by atoms with E-state index in [4.69, 9.17) is 15.7 Å². The highest BCUT2D eigenvalue weighted by Gasteiger charge is 2.41. The van der Waals surface area contributed by atoms with Crippen LogP contribution in [0.4, 0.5) is 0 Å². The molecule has 5 heteroatoms. The van der Waals surface area contributed by atoms with E-state index in [0.29, 0.717) is 23.8 Å². The predicted molar refractivity (Wildman–Crippen MR) is 108 cm³/mol. The molecule has 2 aromatic heterocycles. The zero-order valence-electron chi connectivity index (χ0n) is 16.5. The van der Waals surface area contributed by atoms with Gasteiger partial charge in [-0.2, -0.15) is 0 Å². The highest BCUT2D eigenvalue weighted by molar-refractivity contribution is 5.54. The van der Waals surface area contributed by atoms with Gasteiger partial charge in [-0.05, 0) is 56.3 Å². The molecular weight excluding hydrogens is 334 g/mol. The van der Waals surface area contributed by atoms with E-state index in [1.165, 1.54) is 30.8 Å². The van der Waals surface area contributed by atoms with Gasteiger partial charge in [-0.1, -0.05) is 13.8 Å². The molecule has 3 aliphatic rings. The Kier molecular flexibility index (Phi) is 5.50. The maximum Gasteiger partial charge on any atom is 0.159 e. The quantitative estimate of drug-likeness (QED) is 0.847. The maximum absolute atomic E-state index is 6.00. The summed E-state index contributed by atoms with van der Waals surface area (Å²) in [6, 6.07) is 6.87. The Balaban J connectivity index is 1.73. The van der Waals surface area contributed by atoms with E-state index in [9.17, 15) is 0 Å². The molecule has 0 aliphatic carbocycles. The summed E-state index contributed by atoms with van der Waals surface area (Å²) in [7, 11) is 0. The molecule has 2 aromatic rings. The van der Waals surface area contributed by atoms with E-state index < -0.39 is 0 Å². The van der Waals surface area contributed by atoms with E-state index in [0.717, 1.165) is 37.3 Å². The Morgan fingerprint density at radius 2 is 1.96 bits per heavy atom. The van der Waals surface area contributed by atoms with Gasteiger partial charge in [0.05, 0.1) is 0 Å². The fourth-order valence-electron chi connectivity index (χ4n) is 4.94. The molecular formula is C22H31N5. The van der Waals surface area contributed by atoms with Crippen LogP contribution in [0.5, 0.6) is 0 Å². The van der Waals surface area contributed by atoms with Crippen LogP contribution in [0.1, 0.15) is 62.8 Å². The summed E-state index contributed by atoms with van der Waals surface area (Å²) in [5.41, 5.74) is 9.48. The van der Waals surface area contributed by atoms with Crippen molar-refractivity contribution in [1.29, 1.82) is 0 Å². The van der Waals surface area contributed by atoms with Crippen LogP contribution >= 0.6 is 0 Å². The summed E-state index contributed by atoms with van der Waals surface area (Å²) < 4.78 is 0. The lowest BCUT2D eigenvalue weighted by molar-refractivity contribution is 0.0333. The van der Waals surface area contributed by atoms with Crippen LogP contribution in [0.15, 0.2) is 30.6 Å². The average molecular weight is 366 g/mol. The van der Waals surface area contributed by atoms with Gasteiger partial charge in [0.1, 0.15) is 0 Å². The Morgan fingerprint density at radius 1 is 1.19 bits per heavy atom. The fourth-order valence-corrected chi connectivity index (χ4v) is 4.94. The molecule has 0 radical (unpaired) electrons. The molecule has 3 fully saturated rings. The van der Waals surface area contributed by atoms with Crippen LogP contribution in [0, 0.1) is 5.92 Å². The molecule has 0 saturated carbocycles. The van der Waals surface area contributed by atoms with Crippen molar-refractivity contribution in [2.45, 2.75) is 57.4 Å². The average Bonchev–Trinajstić information content (AvgIpc) is 2.75. The number of rotatable bonds is 6. The van der Waals surface area contributed by atoms with Crippen molar-refractivity contribution in [2.75, 3.05) is 19.6 Å². The van der Waals surface area contributed by atoms with E-state index in [1.54, 1.807) is 0 Å². The van der Waals surface area contributed by atoms with E-state index in [-0.39, 0.29) is 0 Å². The van der Waals surface area contributed by atoms with Gasteiger partial charge >= 0.3 is 0 Å². The van der Waals surface area contributed by atoms with Gasteiger partial charge in [0, 0.05) is 60.3 Å². The van der Waals surface area contributed by atoms with Crippen molar-refractivity contribution in [3.8, 4) is 11.4 Å². The Morgan fingerprint density at radius 3 is 2.59 bits per heavy atom. The lowest BCUT2D eigenvalue weighted by Gasteiger charge is -2.49. The predicted octanol–water partition coefficient (Wildman–Crippen LogP) is 3.58. The minimum Gasteiger partial charge on any atom is -0.329 e. The number of hydrogen-bond acceptors (Lipinski definition) is 5. The van der Waals surface area contributed by atoms with Crippen molar-refractivity contribution < 1.29 is 0 Å². The number of fused-ring (bicyclic) bond motifs is 3. The van der Waals surface area contributed by atoms with E-state index in [1.807, 2.05) is 24.5 Å². The molecule has 4 atom stereocenters. The van der Waals surface area contributed by atoms with Crippen LogP contribution in [0.2, 0.25) is 0 Å². The third-order valence-corrected chi connectivity index (χ3v) is 6.64. The maximum atomic E-state index is 6.00. The second-order valence-electron chi connectivity index (χ2n) is 8.07. The summed E-state index contributed by atoms with van der Waals surface area (Å²) in [5.74, 6) is 2.53. The Bertz CT molecular complexity index is 759. The number of hydrogen-bond donors (Lipinski definition) is 1. The molecule has 3 aliphatic heterocycles. The van der Waals surface area contributed by atoms with E-state index >= 15 is 0 Å². The molecule has 1 unspecified atom stereocenters. The molecule has 5 heterocycles. The Labute approximate surface area is 162 Å². The van der Waals surface area contributed by atoms with Gasteiger partial charge in [0.15, 0.2) is 5.82 Å². The number of pyridine rings is 1. The van der Waals surface area contributed by atoms with Gasteiger partial charge in [0.25, 0.3) is 0 Å². The number of nitrogens with two attached hydrogens (primary N) is 1. The van der Waals surface area contributed by atoms with Crippen LogP contribution in [-0.2, 0) is 0 Å². The zero-order chi connectivity index (χ0) is 18.8. The molecule has 0 spiro atoms. The normalized spacial score (nSPS) is 27.3. The first-order valence-electron chi connectivity index (χ1n) is 10.5. The number of aromatic nitrogens is 3. The van der Waals surface area contributed by atoms with Crippen molar-refractivity contribution in [1.82, 2.24) is 19.9 Å². The monoisotopic (exact) mass is 365 g/mol. The smallest absolute Gasteiger partial charge is 0.159 e. The van der Waals surface area contributed by atoms with Crippen LogP contribution in [0.3, 0.4) is 0 Å². The van der Waals surface area contributed by atoms with Crippen molar-refractivity contribution in [3.05, 3.63) is 42.0 Å². The van der Waals surface area contributed by atoms with Crippen molar-refractivity contribution in [2.24, 2.45) is 11.7 Å². The lowest BCUT2D eigenvalue weighted by atomic mass is 9.74.